The number of fused-ring (bicyclic) bond motifs is 1. The van der Waals surface area contributed by atoms with E-state index in [4.69, 9.17) is 0 Å². The van der Waals surface area contributed by atoms with Crippen LogP contribution in [0.5, 0.6) is 0 Å². The summed E-state index contributed by atoms with van der Waals surface area (Å²) in [5, 5.41) is 3.66. The minimum absolute atomic E-state index is 0.324. The van der Waals surface area contributed by atoms with Gasteiger partial charge < -0.3 is 10.2 Å². The van der Waals surface area contributed by atoms with E-state index in [1.807, 2.05) is 19.2 Å². The summed E-state index contributed by atoms with van der Waals surface area (Å²) in [6.45, 7) is 4.17. The zero-order valence-corrected chi connectivity index (χ0v) is 16.9. The van der Waals surface area contributed by atoms with Crippen LogP contribution in [0.15, 0.2) is 48.5 Å². The number of nitrogens with one attached hydrogen (secondary N) is 1. The third-order valence-electron chi connectivity index (χ3n) is 4.39. The van der Waals surface area contributed by atoms with Crippen molar-refractivity contribution < 1.29 is 18.0 Å². The number of alkyl halides is 3. The Balaban J connectivity index is 1.68. The summed E-state index contributed by atoms with van der Waals surface area (Å²) >= 11 is 1.54. The Kier molecular flexibility index (Phi) is 5.93. The lowest BCUT2D eigenvalue weighted by atomic mass is 10.1. The van der Waals surface area contributed by atoms with Crippen molar-refractivity contribution >= 4 is 44.4 Å². The topological polar surface area (TPSA) is 45.2 Å². The van der Waals surface area contributed by atoms with Crippen molar-refractivity contribution in [2.75, 3.05) is 17.3 Å². The standard InChI is InChI=1S/C21H20F3N3OS/c1-13(2)27(3)20-26-17-10-9-16(12-18(17)29-20)25-19(28)11-6-14-4-7-15(8-5-14)21(22,23)24/h4-13H,1-3H3,(H,25,28)/b11-6+. The van der Waals surface area contributed by atoms with Crippen LogP contribution in [0, 0.1) is 0 Å². The minimum Gasteiger partial charge on any atom is -0.349 e. The molecule has 0 fully saturated rings. The molecular formula is C21H20F3N3OS. The molecule has 0 unspecified atom stereocenters. The Hall–Kier alpha value is -2.87. The van der Waals surface area contributed by atoms with E-state index in [-0.39, 0.29) is 5.91 Å². The van der Waals surface area contributed by atoms with Gasteiger partial charge in [-0.2, -0.15) is 13.2 Å². The molecule has 3 aromatic rings. The third-order valence-corrected chi connectivity index (χ3v) is 5.49. The van der Waals surface area contributed by atoms with Gasteiger partial charge in [-0.3, -0.25) is 4.79 Å². The molecule has 29 heavy (non-hydrogen) atoms. The van der Waals surface area contributed by atoms with Crippen LogP contribution in [-0.4, -0.2) is 24.0 Å². The zero-order valence-electron chi connectivity index (χ0n) is 16.1. The van der Waals surface area contributed by atoms with Crippen molar-refractivity contribution in [2.45, 2.75) is 26.1 Å². The van der Waals surface area contributed by atoms with Gasteiger partial charge in [0.2, 0.25) is 5.91 Å². The van der Waals surface area contributed by atoms with Gasteiger partial charge in [0.05, 0.1) is 15.8 Å². The second-order valence-corrected chi connectivity index (χ2v) is 7.84. The Labute approximate surface area is 170 Å². The van der Waals surface area contributed by atoms with Gasteiger partial charge in [-0.15, -0.1) is 0 Å². The summed E-state index contributed by atoms with van der Waals surface area (Å²) in [6.07, 6.45) is -1.62. The molecule has 2 aromatic carbocycles. The van der Waals surface area contributed by atoms with Gasteiger partial charge in [-0.05, 0) is 55.8 Å². The monoisotopic (exact) mass is 419 g/mol. The fourth-order valence-electron chi connectivity index (χ4n) is 2.50. The summed E-state index contributed by atoms with van der Waals surface area (Å²) in [6, 6.07) is 10.4. The number of carbonyl (C=O) groups excluding carboxylic acids is 1. The fraction of sp³-hybridized carbons (Fsp3) is 0.238. The smallest absolute Gasteiger partial charge is 0.349 e. The van der Waals surface area contributed by atoms with Gasteiger partial charge in [-0.1, -0.05) is 23.5 Å². The summed E-state index contributed by atoms with van der Waals surface area (Å²) in [5.74, 6) is -0.367. The Bertz CT molecular complexity index is 1040. The maximum absolute atomic E-state index is 12.6. The molecule has 8 heteroatoms. The van der Waals surface area contributed by atoms with Crippen molar-refractivity contribution in [1.82, 2.24) is 4.98 Å². The SMILES string of the molecule is CC(C)N(C)c1nc2ccc(NC(=O)/C=C/c3ccc(C(F)(F)F)cc3)cc2s1. The number of benzene rings is 2. The average molecular weight is 419 g/mol. The lowest BCUT2D eigenvalue weighted by molar-refractivity contribution is -0.137. The van der Waals surface area contributed by atoms with E-state index in [9.17, 15) is 18.0 Å². The Morgan fingerprint density at radius 1 is 1.17 bits per heavy atom. The molecule has 1 N–H and O–H groups in total. The van der Waals surface area contributed by atoms with Crippen LogP contribution in [0.4, 0.5) is 24.0 Å². The molecule has 152 valence electrons. The maximum atomic E-state index is 12.6. The van der Waals surface area contributed by atoms with Gasteiger partial charge in [-0.25, -0.2) is 4.98 Å². The van der Waals surface area contributed by atoms with Crippen LogP contribution in [0.25, 0.3) is 16.3 Å². The molecule has 0 bridgehead atoms. The Morgan fingerprint density at radius 3 is 2.48 bits per heavy atom. The van der Waals surface area contributed by atoms with Crippen LogP contribution in [-0.2, 0) is 11.0 Å². The van der Waals surface area contributed by atoms with Crippen molar-refractivity contribution in [3.05, 3.63) is 59.7 Å². The van der Waals surface area contributed by atoms with Gasteiger partial charge >= 0.3 is 6.18 Å². The number of thiazole rings is 1. The van der Waals surface area contributed by atoms with Crippen LogP contribution >= 0.6 is 11.3 Å². The molecule has 1 aromatic heterocycles. The van der Waals surface area contributed by atoms with E-state index in [0.717, 1.165) is 27.5 Å². The van der Waals surface area contributed by atoms with Crippen LogP contribution in [0.3, 0.4) is 0 Å². The van der Waals surface area contributed by atoms with Crippen molar-refractivity contribution in [1.29, 1.82) is 0 Å². The van der Waals surface area contributed by atoms with E-state index in [2.05, 4.69) is 29.0 Å². The molecule has 0 aliphatic carbocycles. The van der Waals surface area contributed by atoms with Crippen molar-refractivity contribution in [3.8, 4) is 0 Å². The van der Waals surface area contributed by atoms with E-state index < -0.39 is 11.7 Å². The number of anilines is 2. The summed E-state index contributed by atoms with van der Waals surface area (Å²) < 4.78 is 38.7. The predicted molar refractivity (Wildman–Crippen MR) is 112 cm³/mol. The van der Waals surface area contributed by atoms with Gasteiger partial charge in [0.15, 0.2) is 5.13 Å². The van der Waals surface area contributed by atoms with Gasteiger partial charge in [0.25, 0.3) is 0 Å². The van der Waals surface area contributed by atoms with Gasteiger partial charge in [0, 0.05) is 24.9 Å². The number of rotatable bonds is 5. The highest BCUT2D eigenvalue weighted by Crippen LogP contribution is 2.31. The van der Waals surface area contributed by atoms with E-state index >= 15 is 0 Å². The molecule has 1 amide bonds. The number of hydrogen-bond donors (Lipinski definition) is 1. The van der Waals surface area contributed by atoms with Gasteiger partial charge in [0.1, 0.15) is 0 Å². The first-order valence-electron chi connectivity index (χ1n) is 8.93. The molecule has 0 aliphatic rings. The predicted octanol–water partition coefficient (Wildman–Crippen LogP) is 5.81. The van der Waals surface area contributed by atoms with E-state index in [1.165, 1.54) is 24.3 Å². The summed E-state index contributed by atoms with van der Waals surface area (Å²) in [7, 11) is 1.98. The number of aromatic nitrogens is 1. The van der Waals surface area contributed by atoms with E-state index in [1.54, 1.807) is 17.4 Å². The normalized spacial score (nSPS) is 12.1. The highest BCUT2D eigenvalue weighted by atomic mass is 32.1. The molecular weight excluding hydrogens is 399 g/mol. The maximum Gasteiger partial charge on any atom is 0.416 e. The van der Waals surface area contributed by atoms with Crippen LogP contribution in [0.1, 0.15) is 25.0 Å². The summed E-state index contributed by atoms with van der Waals surface area (Å²) in [5.41, 5.74) is 1.27. The second-order valence-electron chi connectivity index (χ2n) is 6.83. The minimum atomic E-state index is -4.38. The fourth-order valence-corrected chi connectivity index (χ4v) is 3.60. The first-order chi connectivity index (χ1) is 13.6. The number of nitrogens with zero attached hydrogens (tertiary/aromatic N) is 2. The zero-order chi connectivity index (χ0) is 21.2. The van der Waals surface area contributed by atoms with E-state index in [0.29, 0.717) is 17.3 Å². The quantitative estimate of drug-likeness (QED) is 0.531. The second kappa shape index (κ2) is 8.24. The number of hydrogen-bond acceptors (Lipinski definition) is 4. The number of halogens is 3. The lowest BCUT2D eigenvalue weighted by Crippen LogP contribution is -2.25. The summed E-state index contributed by atoms with van der Waals surface area (Å²) in [4.78, 5) is 18.8. The third kappa shape index (κ3) is 5.14. The average Bonchev–Trinajstić information content (AvgIpc) is 3.08. The van der Waals surface area contributed by atoms with Crippen molar-refractivity contribution in [2.24, 2.45) is 0 Å². The highest BCUT2D eigenvalue weighted by Gasteiger charge is 2.29. The Morgan fingerprint density at radius 2 is 1.86 bits per heavy atom. The molecule has 0 saturated carbocycles. The first-order valence-corrected chi connectivity index (χ1v) is 9.75. The molecule has 0 radical (unpaired) electrons. The van der Waals surface area contributed by atoms with Crippen molar-refractivity contribution in [3.63, 3.8) is 0 Å². The molecule has 0 aliphatic heterocycles. The molecule has 0 spiro atoms. The number of amides is 1. The first kappa shape index (κ1) is 20.9. The molecule has 0 saturated heterocycles. The molecule has 0 atom stereocenters. The lowest BCUT2D eigenvalue weighted by Gasteiger charge is -2.19. The molecule has 1 heterocycles. The molecule has 3 rings (SSSR count). The van der Waals surface area contributed by atoms with Crippen LogP contribution < -0.4 is 10.2 Å². The largest absolute Gasteiger partial charge is 0.416 e. The van der Waals surface area contributed by atoms with Crippen LogP contribution in [0.2, 0.25) is 0 Å². The molecule has 4 nitrogen and oxygen atoms in total. The number of carbonyl (C=O) groups is 1. The highest BCUT2D eigenvalue weighted by molar-refractivity contribution is 7.22.